The molecule has 1 aliphatic heterocycles. The van der Waals surface area contributed by atoms with Crippen LogP contribution in [-0.2, 0) is 14.6 Å². The molecule has 4 rings (SSSR count). The van der Waals surface area contributed by atoms with Gasteiger partial charge >= 0.3 is 13.0 Å². The van der Waals surface area contributed by atoms with E-state index in [1.807, 2.05) is 0 Å². The highest BCUT2D eigenvalue weighted by Gasteiger charge is 2.37. The number of nitrogens with one attached hydrogen (secondary N) is 1. The predicted molar refractivity (Wildman–Crippen MR) is 156 cm³/mol. The van der Waals surface area contributed by atoms with Crippen LogP contribution in [0.3, 0.4) is 0 Å². The van der Waals surface area contributed by atoms with E-state index < -0.39 is 65.1 Å². The lowest BCUT2D eigenvalue weighted by atomic mass is 10.0. The van der Waals surface area contributed by atoms with Crippen molar-refractivity contribution in [3.63, 3.8) is 0 Å². The molecule has 0 spiro atoms. The number of aliphatic hydroxyl groups is 1. The SMILES string of the molecule is CCS(=O)(=O)c1ccc([C@H](CCO)NC(=O)c2cnc(N3CC(Oc4ccc(OC(F)(F)F)cc4)C[C@H]3COC(F)F)c(F)c2)cc1. The molecule has 0 bridgehead atoms. The number of pyridine rings is 1. The quantitative estimate of drug-likeness (QED) is 0.224. The number of aliphatic hydroxyl groups excluding tert-OH is 1. The summed E-state index contributed by atoms with van der Waals surface area (Å²) in [7, 11) is -3.46. The third-order valence-electron chi connectivity index (χ3n) is 7.25. The number of carbonyl (C=O) groups is 1. The minimum Gasteiger partial charge on any atom is -0.489 e. The first-order valence-electron chi connectivity index (χ1n) is 14.3. The van der Waals surface area contributed by atoms with E-state index in [0.29, 0.717) is 5.56 Å². The van der Waals surface area contributed by atoms with Crippen molar-refractivity contribution in [1.29, 1.82) is 0 Å². The average Bonchev–Trinajstić information content (AvgIpc) is 3.42. The molecule has 1 aliphatic rings. The van der Waals surface area contributed by atoms with Crippen LogP contribution in [0.15, 0.2) is 65.7 Å². The molecule has 3 aromatic rings. The zero-order chi connectivity index (χ0) is 34.4. The van der Waals surface area contributed by atoms with Gasteiger partial charge in [0, 0.05) is 19.2 Å². The minimum atomic E-state index is -4.88. The number of alkyl halides is 5. The lowest BCUT2D eigenvalue weighted by molar-refractivity contribution is -0.274. The van der Waals surface area contributed by atoms with Gasteiger partial charge in [0.15, 0.2) is 21.5 Å². The highest BCUT2D eigenvalue weighted by Crippen LogP contribution is 2.31. The largest absolute Gasteiger partial charge is 0.573 e. The molecule has 1 aromatic heterocycles. The Kier molecular flexibility index (Phi) is 11.6. The number of sulfone groups is 1. The number of anilines is 1. The number of hydrogen-bond donors (Lipinski definition) is 2. The van der Waals surface area contributed by atoms with E-state index in [1.54, 1.807) is 0 Å². The van der Waals surface area contributed by atoms with Crippen LogP contribution in [-0.4, -0.2) is 75.0 Å². The maximum Gasteiger partial charge on any atom is 0.573 e. The van der Waals surface area contributed by atoms with Crippen molar-refractivity contribution >= 4 is 21.6 Å². The lowest BCUT2D eigenvalue weighted by Gasteiger charge is -2.25. The topological polar surface area (TPSA) is 127 Å². The number of rotatable bonds is 14. The van der Waals surface area contributed by atoms with E-state index in [0.717, 1.165) is 24.4 Å². The van der Waals surface area contributed by atoms with Gasteiger partial charge in [-0.2, -0.15) is 8.78 Å². The second-order valence-corrected chi connectivity index (χ2v) is 12.7. The van der Waals surface area contributed by atoms with Gasteiger partial charge in [-0.05, 0) is 54.4 Å². The maximum atomic E-state index is 15.4. The molecule has 2 heterocycles. The first kappa shape index (κ1) is 35.8. The van der Waals surface area contributed by atoms with Crippen molar-refractivity contribution in [1.82, 2.24) is 10.3 Å². The van der Waals surface area contributed by atoms with Crippen LogP contribution >= 0.6 is 0 Å². The third-order valence-corrected chi connectivity index (χ3v) is 9.00. The summed E-state index contributed by atoms with van der Waals surface area (Å²) in [5.41, 5.74) is 0.313. The van der Waals surface area contributed by atoms with Crippen molar-refractivity contribution in [2.24, 2.45) is 0 Å². The number of ether oxygens (including phenoxy) is 3. The van der Waals surface area contributed by atoms with Gasteiger partial charge in [0.2, 0.25) is 0 Å². The van der Waals surface area contributed by atoms with Crippen molar-refractivity contribution in [3.05, 3.63) is 77.7 Å². The summed E-state index contributed by atoms with van der Waals surface area (Å²) < 4.78 is 117. The maximum absolute atomic E-state index is 15.4. The van der Waals surface area contributed by atoms with Crippen molar-refractivity contribution < 1.29 is 58.9 Å². The molecule has 1 fully saturated rings. The Bertz CT molecular complexity index is 1610. The standard InChI is InChI=1S/C30H31F6N3O7S/c1-2-47(42,43)24-9-3-18(4-10-24)26(11-12-40)38-28(41)19-13-25(31)27(37-15-19)39-16-23(14-20(39)17-44-29(32)33)45-21-5-7-22(8-6-21)46-30(34,35)36/h3-10,13,15,20,23,26,29,40H,2,11-12,14,16-17H2,1H3,(H,38,41)/t20-,23?,26-/m0/s1. The van der Waals surface area contributed by atoms with Gasteiger partial charge in [0.25, 0.3) is 5.91 Å². The number of benzene rings is 2. The first-order valence-corrected chi connectivity index (χ1v) is 15.9. The molecule has 1 amide bonds. The summed E-state index contributed by atoms with van der Waals surface area (Å²) >= 11 is 0. The monoisotopic (exact) mass is 691 g/mol. The second-order valence-electron chi connectivity index (χ2n) is 10.4. The molecular formula is C30H31F6N3O7S. The van der Waals surface area contributed by atoms with Gasteiger partial charge < -0.3 is 29.5 Å². The van der Waals surface area contributed by atoms with Crippen LogP contribution in [0.4, 0.5) is 32.2 Å². The fourth-order valence-electron chi connectivity index (χ4n) is 5.01. The van der Waals surface area contributed by atoms with Gasteiger partial charge in [-0.3, -0.25) is 4.79 Å². The Morgan fingerprint density at radius 3 is 2.34 bits per heavy atom. The number of hydrogen-bond acceptors (Lipinski definition) is 9. The van der Waals surface area contributed by atoms with Crippen LogP contribution in [0, 0.1) is 5.82 Å². The number of aromatic nitrogens is 1. The molecule has 2 N–H and O–H groups in total. The zero-order valence-electron chi connectivity index (χ0n) is 24.8. The predicted octanol–water partition coefficient (Wildman–Crippen LogP) is 5.03. The van der Waals surface area contributed by atoms with E-state index in [-0.39, 0.29) is 53.8 Å². The van der Waals surface area contributed by atoms with Crippen molar-refractivity contribution in [2.45, 2.75) is 55.8 Å². The van der Waals surface area contributed by atoms with Crippen molar-refractivity contribution in [2.75, 3.05) is 30.4 Å². The summed E-state index contributed by atoms with van der Waals surface area (Å²) in [6.45, 7) is -2.51. The molecule has 0 radical (unpaired) electrons. The molecule has 2 aromatic carbocycles. The molecular weight excluding hydrogens is 660 g/mol. The molecule has 17 heteroatoms. The van der Waals surface area contributed by atoms with Crippen molar-refractivity contribution in [3.8, 4) is 11.5 Å². The van der Waals surface area contributed by atoms with E-state index in [2.05, 4.69) is 19.8 Å². The van der Waals surface area contributed by atoms with Gasteiger partial charge in [-0.1, -0.05) is 19.1 Å². The number of carbonyl (C=O) groups excluding carboxylic acids is 1. The highest BCUT2D eigenvalue weighted by atomic mass is 32.2. The van der Waals surface area contributed by atoms with E-state index in [9.17, 15) is 40.3 Å². The molecule has 10 nitrogen and oxygen atoms in total. The summed E-state index contributed by atoms with van der Waals surface area (Å²) in [5.74, 6) is -2.39. The summed E-state index contributed by atoms with van der Waals surface area (Å²) in [6, 6.07) is 9.63. The smallest absolute Gasteiger partial charge is 0.489 e. The Morgan fingerprint density at radius 2 is 1.77 bits per heavy atom. The normalized spacial score (nSPS) is 17.5. The van der Waals surface area contributed by atoms with Crippen LogP contribution in [0.1, 0.15) is 41.7 Å². The Labute approximate surface area is 266 Å². The Balaban J connectivity index is 1.48. The van der Waals surface area contributed by atoms with Gasteiger partial charge in [0.1, 0.15) is 17.6 Å². The average molecular weight is 692 g/mol. The zero-order valence-corrected chi connectivity index (χ0v) is 25.6. The molecule has 1 unspecified atom stereocenters. The number of halogens is 6. The number of nitrogens with zero attached hydrogens (tertiary/aromatic N) is 2. The third kappa shape index (κ3) is 9.71. The molecule has 1 saturated heterocycles. The summed E-state index contributed by atoms with van der Waals surface area (Å²) in [4.78, 5) is 18.6. The van der Waals surface area contributed by atoms with Gasteiger partial charge in [0.05, 0.1) is 41.4 Å². The molecule has 47 heavy (non-hydrogen) atoms. The van der Waals surface area contributed by atoms with E-state index in [4.69, 9.17) is 4.74 Å². The Morgan fingerprint density at radius 1 is 1.11 bits per heavy atom. The van der Waals surface area contributed by atoms with Gasteiger partial charge in [-0.25, -0.2) is 17.8 Å². The fraction of sp³-hybridized carbons (Fsp3) is 0.400. The van der Waals surface area contributed by atoms with Gasteiger partial charge in [-0.15, -0.1) is 13.2 Å². The Hall–Kier alpha value is -4.09. The summed E-state index contributed by atoms with van der Waals surface area (Å²) in [6.07, 6.45) is -4.39. The van der Waals surface area contributed by atoms with Crippen LogP contribution in [0.2, 0.25) is 0 Å². The fourth-order valence-corrected chi connectivity index (χ4v) is 5.89. The number of amides is 1. The van der Waals surface area contributed by atoms with Crippen LogP contribution < -0.4 is 19.7 Å². The summed E-state index contributed by atoms with van der Waals surface area (Å²) in [5, 5.41) is 12.2. The molecule has 256 valence electrons. The first-order chi connectivity index (χ1) is 22.2. The van der Waals surface area contributed by atoms with Crippen LogP contribution in [0.25, 0.3) is 0 Å². The molecule has 0 aliphatic carbocycles. The van der Waals surface area contributed by atoms with E-state index in [1.165, 1.54) is 48.2 Å². The highest BCUT2D eigenvalue weighted by molar-refractivity contribution is 7.91. The molecule has 0 saturated carbocycles. The van der Waals surface area contributed by atoms with Crippen LogP contribution in [0.5, 0.6) is 11.5 Å². The second kappa shape index (κ2) is 15.2. The molecule has 3 atom stereocenters. The lowest BCUT2D eigenvalue weighted by Crippen LogP contribution is -2.35. The van der Waals surface area contributed by atoms with E-state index >= 15 is 4.39 Å². The minimum absolute atomic E-state index is 0.0597.